The fraction of sp³-hybridized carbons (Fsp3) is 0.833. The molecular weight excluding hydrogens is 176 g/mol. The summed E-state index contributed by atoms with van der Waals surface area (Å²) >= 11 is 0. The van der Waals surface area contributed by atoms with Gasteiger partial charge in [0.05, 0.1) is 6.10 Å². The van der Waals surface area contributed by atoms with E-state index in [0.29, 0.717) is 5.92 Å². The predicted molar refractivity (Wildman–Crippen MR) is 55.9 cm³/mol. The number of aliphatic hydroxyl groups is 2. The van der Waals surface area contributed by atoms with Gasteiger partial charge in [-0.3, -0.25) is 0 Å². The SMILES string of the molecule is OCCC[C@]12CCC[C@@H]1C=CC[C@@H]2O. The molecule has 1 saturated carbocycles. The molecule has 2 rings (SSSR count). The highest BCUT2D eigenvalue weighted by Gasteiger charge is 2.47. The largest absolute Gasteiger partial charge is 0.396 e. The van der Waals surface area contributed by atoms with Gasteiger partial charge in [-0.05, 0) is 38.0 Å². The van der Waals surface area contributed by atoms with Crippen molar-refractivity contribution in [1.82, 2.24) is 0 Å². The van der Waals surface area contributed by atoms with Crippen molar-refractivity contribution in [3.8, 4) is 0 Å². The van der Waals surface area contributed by atoms with Crippen molar-refractivity contribution < 1.29 is 10.2 Å². The minimum Gasteiger partial charge on any atom is -0.396 e. The molecule has 0 radical (unpaired) electrons. The summed E-state index contributed by atoms with van der Waals surface area (Å²) in [4.78, 5) is 0. The molecular formula is C12H20O2. The summed E-state index contributed by atoms with van der Waals surface area (Å²) in [5.41, 5.74) is 0.109. The van der Waals surface area contributed by atoms with Gasteiger partial charge in [-0.15, -0.1) is 0 Å². The fourth-order valence-corrected chi connectivity index (χ4v) is 3.32. The topological polar surface area (TPSA) is 40.5 Å². The summed E-state index contributed by atoms with van der Waals surface area (Å²) in [5, 5.41) is 19.0. The maximum Gasteiger partial charge on any atom is 0.0636 e. The number of fused-ring (bicyclic) bond motifs is 1. The van der Waals surface area contributed by atoms with Gasteiger partial charge in [0.15, 0.2) is 0 Å². The Labute approximate surface area is 85.6 Å². The lowest BCUT2D eigenvalue weighted by molar-refractivity contribution is -0.00756. The predicted octanol–water partition coefficient (Wildman–Crippen LogP) is 1.87. The molecule has 3 atom stereocenters. The molecule has 0 aromatic rings. The number of hydrogen-bond acceptors (Lipinski definition) is 2. The molecule has 14 heavy (non-hydrogen) atoms. The Bertz CT molecular complexity index is 224. The fourth-order valence-electron chi connectivity index (χ4n) is 3.32. The second-order valence-electron chi connectivity index (χ2n) is 4.74. The first-order valence-corrected chi connectivity index (χ1v) is 5.75. The highest BCUT2D eigenvalue weighted by molar-refractivity contribution is 5.11. The van der Waals surface area contributed by atoms with E-state index in [1.807, 2.05) is 0 Å². The van der Waals surface area contributed by atoms with Gasteiger partial charge in [0.1, 0.15) is 0 Å². The second-order valence-corrected chi connectivity index (χ2v) is 4.74. The van der Waals surface area contributed by atoms with Crippen LogP contribution in [0.3, 0.4) is 0 Å². The molecule has 0 unspecified atom stereocenters. The van der Waals surface area contributed by atoms with Crippen LogP contribution >= 0.6 is 0 Å². The van der Waals surface area contributed by atoms with Gasteiger partial charge in [0.25, 0.3) is 0 Å². The van der Waals surface area contributed by atoms with Crippen LogP contribution in [0.1, 0.15) is 38.5 Å². The molecule has 0 aromatic heterocycles. The Morgan fingerprint density at radius 1 is 1.43 bits per heavy atom. The lowest BCUT2D eigenvalue weighted by Gasteiger charge is -2.41. The lowest BCUT2D eigenvalue weighted by Crippen LogP contribution is -2.39. The van der Waals surface area contributed by atoms with Crippen LogP contribution in [0.4, 0.5) is 0 Å². The molecule has 0 amide bonds. The van der Waals surface area contributed by atoms with Gasteiger partial charge >= 0.3 is 0 Å². The molecule has 2 aliphatic carbocycles. The molecule has 0 spiro atoms. The highest BCUT2D eigenvalue weighted by Crippen LogP contribution is 2.52. The molecule has 0 heterocycles. The lowest BCUT2D eigenvalue weighted by atomic mass is 9.66. The van der Waals surface area contributed by atoms with E-state index >= 15 is 0 Å². The number of hydrogen-bond donors (Lipinski definition) is 2. The van der Waals surface area contributed by atoms with Crippen LogP contribution in [0.15, 0.2) is 12.2 Å². The number of aliphatic hydroxyl groups excluding tert-OH is 2. The van der Waals surface area contributed by atoms with Crippen molar-refractivity contribution in [2.24, 2.45) is 11.3 Å². The molecule has 0 aromatic carbocycles. The maximum absolute atomic E-state index is 10.1. The van der Waals surface area contributed by atoms with Crippen LogP contribution in [0.2, 0.25) is 0 Å². The van der Waals surface area contributed by atoms with Crippen molar-refractivity contribution >= 4 is 0 Å². The zero-order valence-electron chi connectivity index (χ0n) is 8.65. The molecule has 0 saturated heterocycles. The van der Waals surface area contributed by atoms with Crippen LogP contribution in [-0.4, -0.2) is 22.9 Å². The van der Waals surface area contributed by atoms with E-state index in [-0.39, 0.29) is 18.1 Å². The normalized spacial score (nSPS) is 41.3. The summed E-state index contributed by atoms with van der Waals surface area (Å²) in [7, 11) is 0. The molecule has 1 fully saturated rings. The Balaban J connectivity index is 2.14. The van der Waals surface area contributed by atoms with E-state index in [0.717, 1.165) is 25.7 Å². The Morgan fingerprint density at radius 2 is 2.29 bits per heavy atom. The first-order valence-electron chi connectivity index (χ1n) is 5.75. The van der Waals surface area contributed by atoms with E-state index < -0.39 is 0 Å². The molecule has 2 heteroatoms. The molecule has 80 valence electrons. The summed E-state index contributed by atoms with van der Waals surface area (Å²) in [5.74, 6) is 0.567. The quantitative estimate of drug-likeness (QED) is 0.676. The van der Waals surface area contributed by atoms with Crippen LogP contribution in [0.25, 0.3) is 0 Å². The monoisotopic (exact) mass is 196 g/mol. The molecule has 2 nitrogen and oxygen atoms in total. The van der Waals surface area contributed by atoms with E-state index in [2.05, 4.69) is 12.2 Å². The van der Waals surface area contributed by atoms with Gasteiger partial charge in [-0.25, -0.2) is 0 Å². The first-order chi connectivity index (χ1) is 6.79. The van der Waals surface area contributed by atoms with Crippen LogP contribution in [-0.2, 0) is 0 Å². The molecule has 2 N–H and O–H groups in total. The third-order valence-electron chi connectivity index (χ3n) is 4.09. The third kappa shape index (κ3) is 1.51. The standard InChI is InChI=1S/C12H20O2/c13-9-3-8-12-7-2-5-10(12)4-1-6-11(12)14/h1,4,10-11,13-14H,2-3,5-9H2/t10-,11-,12+/m0/s1. The molecule has 0 bridgehead atoms. The second kappa shape index (κ2) is 4.03. The van der Waals surface area contributed by atoms with Gasteiger partial charge in [0.2, 0.25) is 0 Å². The zero-order chi connectivity index (χ0) is 10.0. The van der Waals surface area contributed by atoms with Crippen molar-refractivity contribution in [3.05, 3.63) is 12.2 Å². The Morgan fingerprint density at radius 3 is 3.07 bits per heavy atom. The van der Waals surface area contributed by atoms with Crippen LogP contribution < -0.4 is 0 Å². The summed E-state index contributed by atoms with van der Waals surface area (Å²) in [6.07, 6.45) is 10.5. The summed E-state index contributed by atoms with van der Waals surface area (Å²) in [6.45, 7) is 0.255. The van der Waals surface area contributed by atoms with E-state index in [4.69, 9.17) is 5.11 Å². The van der Waals surface area contributed by atoms with Crippen LogP contribution in [0.5, 0.6) is 0 Å². The van der Waals surface area contributed by atoms with Crippen molar-refractivity contribution in [2.45, 2.75) is 44.6 Å². The van der Waals surface area contributed by atoms with Gasteiger partial charge < -0.3 is 10.2 Å². The van der Waals surface area contributed by atoms with E-state index in [1.165, 1.54) is 12.8 Å². The van der Waals surface area contributed by atoms with E-state index in [9.17, 15) is 5.11 Å². The van der Waals surface area contributed by atoms with Gasteiger partial charge in [-0.2, -0.15) is 0 Å². The summed E-state index contributed by atoms with van der Waals surface area (Å²) < 4.78 is 0. The first kappa shape index (κ1) is 10.2. The minimum atomic E-state index is -0.174. The zero-order valence-corrected chi connectivity index (χ0v) is 8.65. The number of allylic oxidation sites excluding steroid dienone is 1. The Kier molecular flexibility index (Phi) is 2.93. The average Bonchev–Trinajstić information content (AvgIpc) is 2.61. The summed E-state index contributed by atoms with van der Waals surface area (Å²) in [6, 6.07) is 0. The van der Waals surface area contributed by atoms with E-state index in [1.54, 1.807) is 0 Å². The molecule has 0 aliphatic heterocycles. The Hall–Kier alpha value is -0.340. The number of rotatable bonds is 3. The van der Waals surface area contributed by atoms with Crippen LogP contribution in [0, 0.1) is 11.3 Å². The van der Waals surface area contributed by atoms with Crippen molar-refractivity contribution in [3.63, 3.8) is 0 Å². The molecule has 2 aliphatic rings. The van der Waals surface area contributed by atoms with Gasteiger partial charge in [-0.1, -0.05) is 18.6 Å². The van der Waals surface area contributed by atoms with Crippen molar-refractivity contribution in [1.29, 1.82) is 0 Å². The maximum atomic E-state index is 10.1. The van der Waals surface area contributed by atoms with Gasteiger partial charge in [0, 0.05) is 12.0 Å². The average molecular weight is 196 g/mol. The highest BCUT2D eigenvalue weighted by atomic mass is 16.3. The minimum absolute atomic E-state index is 0.109. The van der Waals surface area contributed by atoms with Crippen molar-refractivity contribution in [2.75, 3.05) is 6.61 Å². The smallest absolute Gasteiger partial charge is 0.0636 e. The third-order valence-corrected chi connectivity index (χ3v) is 4.09.